The molecule has 0 aromatic carbocycles. The van der Waals surface area contributed by atoms with Crippen molar-refractivity contribution in [2.24, 2.45) is 0 Å². The Kier molecular flexibility index (Phi) is 5.71. The molecule has 0 atom stereocenters. The van der Waals surface area contributed by atoms with Crippen LogP contribution in [0.1, 0.15) is 33.1 Å². The van der Waals surface area contributed by atoms with Gasteiger partial charge in [-0.1, -0.05) is 26.8 Å². The number of ether oxygens (including phenoxy) is 1. The molecule has 0 saturated heterocycles. The van der Waals surface area contributed by atoms with Gasteiger partial charge in [0.2, 0.25) is 11.5 Å². The zero-order valence-corrected chi connectivity index (χ0v) is 18.2. The fourth-order valence-electron chi connectivity index (χ4n) is 2.31. The van der Waals surface area contributed by atoms with Crippen molar-refractivity contribution in [1.82, 2.24) is 19.4 Å². The summed E-state index contributed by atoms with van der Waals surface area (Å²) in [5.41, 5.74) is 1.29. The summed E-state index contributed by atoms with van der Waals surface area (Å²) in [6, 6.07) is 0. The molecular weight excluding hydrogens is 372 g/mol. The van der Waals surface area contributed by atoms with Gasteiger partial charge < -0.3 is 18.0 Å². The standard InChI is InChI=1S/C20H28N4O3Si/c1-7-8-11-25-19-18-21-9-10-24(18)13-15(23-19)16-12-22-17(27-16)14-26-28(5,6)20(2,3)4/h7,9-10,12-13H,1,8,11,14H2,2-6H3. The fourth-order valence-corrected chi connectivity index (χ4v) is 3.23. The highest BCUT2D eigenvalue weighted by Gasteiger charge is 2.37. The monoisotopic (exact) mass is 400 g/mol. The summed E-state index contributed by atoms with van der Waals surface area (Å²) in [6.07, 6.45) is 9.61. The summed E-state index contributed by atoms with van der Waals surface area (Å²) < 4.78 is 19.7. The Morgan fingerprint density at radius 1 is 1.29 bits per heavy atom. The summed E-state index contributed by atoms with van der Waals surface area (Å²) in [5, 5.41) is 0.133. The summed E-state index contributed by atoms with van der Waals surface area (Å²) in [4.78, 5) is 13.2. The molecule has 150 valence electrons. The zero-order valence-electron chi connectivity index (χ0n) is 17.2. The van der Waals surface area contributed by atoms with Crippen molar-refractivity contribution >= 4 is 14.0 Å². The van der Waals surface area contributed by atoms with Gasteiger partial charge in [-0.2, -0.15) is 0 Å². The molecule has 0 saturated carbocycles. The van der Waals surface area contributed by atoms with Crippen molar-refractivity contribution in [3.63, 3.8) is 0 Å². The maximum absolute atomic E-state index is 6.19. The molecule has 0 aliphatic heterocycles. The van der Waals surface area contributed by atoms with Gasteiger partial charge in [-0.15, -0.1) is 6.58 Å². The molecule has 3 aromatic heterocycles. The van der Waals surface area contributed by atoms with E-state index in [1.807, 2.05) is 16.8 Å². The number of rotatable bonds is 8. The topological polar surface area (TPSA) is 74.7 Å². The highest BCUT2D eigenvalue weighted by atomic mass is 28.4. The number of imidazole rings is 1. The van der Waals surface area contributed by atoms with E-state index in [9.17, 15) is 0 Å². The second kappa shape index (κ2) is 7.88. The summed E-state index contributed by atoms with van der Waals surface area (Å²) in [5.74, 6) is 1.57. The Morgan fingerprint density at radius 3 is 2.79 bits per heavy atom. The minimum atomic E-state index is -1.87. The Morgan fingerprint density at radius 2 is 2.07 bits per heavy atom. The molecule has 0 radical (unpaired) electrons. The first-order valence-electron chi connectivity index (χ1n) is 9.38. The van der Waals surface area contributed by atoms with Crippen LogP contribution in [0.3, 0.4) is 0 Å². The number of fused-ring (bicyclic) bond motifs is 1. The van der Waals surface area contributed by atoms with Crippen LogP contribution >= 0.6 is 0 Å². The minimum Gasteiger partial charge on any atom is -0.475 e. The van der Waals surface area contributed by atoms with E-state index in [0.29, 0.717) is 42.1 Å². The van der Waals surface area contributed by atoms with Crippen LogP contribution in [-0.2, 0) is 11.0 Å². The third-order valence-electron chi connectivity index (χ3n) is 5.07. The van der Waals surface area contributed by atoms with Gasteiger partial charge in [0.15, 0.2) is 14.1 Å². The molecule has 0 N–H and O–H groups in total. The van der Waals surface area contributed by atoms with E-state index in [2.05, 4.69) is 55.4 Å². The number of hydrogen-bond acceptors (Lipinski definition) is 6. The molecule has 0 amide bonds. The second-order valence-corrected chi connectivity index (χ2v) is 13.0. The summed E-state index contributed by atoms with van der Waals surface area (Å²) in [6.45, 7) is 15.6. The Hall–Kier alpha value is -2.45. The largest absolute Gasteiger partial charge is 0.475 e. The van der Waals surface area contributed by atoms with E-state index >= 15 is 0 Å². The predicted octanol–water partition coefficient (Wildman–Crippen LogP) is 4.86. The molecule has 0 aliphatic rings. The van der Waals surface area contributed by atoms with Crippen molar-refractivity contribution in [1.29, 1.82) is 0 Å². The minimum absolute atomic E-state index is 0.133. The maximum atomic E-state index is 6.19. The molecule has 0 fully saturated rings. The van der Waals surface area contributed by atoms with Crippen LogP contribution in [0, 0.1) is 0 Å². The van der Waals surface area contributed by atoms with Crippen molar-refractivity contribution in [3.8, 4) is 17.3 Å². The van der Waals surface area contributed by atoms with Crippen LogP contribution in [-0.4, -0.2) is 34.3 Å². The highest BCUT2D eigenvalue weighted by molar-refractivity contribution is 6.74. The third-order valence-corrected chi connectivity index (χ3v) is 9.55. The lowest BCUT2D eigenvalue weighted by Crippen LogP contribution is -2.40. The molecule has 3 heterocycles. The third kappa shape index (κ3) is 4.34. The Balaban J connectivity index is 1.81. The number of aromatic nitrogens is 4. The first-order chi connectivity index (χ1) is 13.2. The number of hydrogen-bond donors (Lipinski definition) is 0. The molecule has 7 nitrogen and oxygen atoms in total. The summed E-state index contributed by atoms with van der Waals surface area (Å²) in [7, 11) is -1.87. The van der Waals surface area contributed by atoms with Gasteiger partial charge in [0.1, 0.15) is 12.3 Å². The van der Waals surface area contributed by atoms with Crippen LogP contribution < -0.4 is 4.74 Å². The predicted molar refractivity (Wildman–Crippen MR) is 111 cm³/mol. The zero-order chi connectivity index (χ0) is 20.4. The lowest BCUT2D eigenvalue weighted by molar-refractivity contribution is 0.241. The summed E-state index contributed by atoms with van der Waals surface area (Å²) >= 11 is 0. The first kappa shape index (κ1) is 20.3. The van der Waals surface area contributed by atoms with E-state index < -0.39 is 8.32 Å². The van der Waals surface area contributed by atoms with Crippen LogP contribution in [0.25, 0.3) is 17.1 Å². The molecule has 3 aromatic rings. The molecule has 8 heteroatoms. The van der Waals surface area contributed by atoms with Crippen LogP contribution in [0.4, 0.5) is 0 Å². The van der Waals surface area contributed by atoms with Gasteiger partial charge in [0, 0.05) is 18.6 Å². The average Bonchev–Trinajstić information content (AvgIpc) is 3.28. The Labute approximate surface area is 166 Å². The van der Waals surface area contributed by atoms with Crippen molar-refractivity contribution < 1.29 is 13.6 Å². The first-order valence-corrected chi connectivity index (χ1v) is 12.3. The SMILES string of the molecule is C=CCCOc1nc(-c2cnc(CO[Si](C)(C)C(C)(C)C)o2)cn2ccnc12. The molecule has 0 bridgehead atoms. The normalized spacial score (nSPS) is 12.5. The van der Waals surface area contributed by atoms with Crippen LogP contribution in [0.15, 0.2) is 41.9 Å². The fraction of sp³-hybridized carbons (Fsp3) is 0.450. The van der Waals surface area contributed by atoms with Crippen molar-refractivity contribution in [3.05, 3.63) is 43.3 Å². The second-order valence-electron chi connectivity index (χ2n) is 8.18. The van der Waals surface area contributed by atoms with Crippen molar-refractivity contribution in [2.45, 2.75) is 51.9 Å². The lowest BCUT2D eigenvalue weighted by atomic mass is 10.2. The van der Waals surface area contributed by atoms with Gasteiger partial charge in [-0.25, -0.2) is 15.0 Å². The lowest BCUT2D eigenvalue weighted by Gasteiger charge is -2.35. The highest BCUT2D eigenvalue weighted by Crippen LogP contribution is 2.37. The molecule has 0 aliphatic carbocycles. The van der Waals surface area contributed by atoms with Gasteiger partial charge in [-0.05, 0) is 24.6 Å². The average molecular weight is 401 g/mol. The van der Waals surface area contributed by atoms with Gasteiger partial charge >= 0.3 is 0 Å². The van der Waals surface area contributed by atoms with Gasteiger partial charge in [-0.3, -0.25) is 0 Å². The molecule has 0 spiro atoms. The molecule has 0 unspecified atom stereocenters. The quantitative estimate of drug-likeness (QED) is 0.305. The molecular formula is C20H28N4O3Si. The van der Waals surface area contributed by atoms with E-state index in [4.69, 9.17) is 13.6 Å². The van der Waals surface area contributed by atoms with Crippen LogP contribution in [0.5, 0.6) is 5.88 Å². The van der Waals surface area contributed by atoms with E-state index in [0.717, 1.165) is 6.42 Å². The number of nitrogens with zero attached hydrogens (tertiary/aromatic N) is 4. The molecule has 28 heavy (non-hydrogen) atoms. The maximum Gasteiger partial charge on any atom is 0.259 e. The van der Waals surface area contributed by atoms with E-state index in [1.54, 1.807) is 18.5 Å². The Bertz CT molecular complexity index is 956. The van der Waals surface area contributed by atoms with Gasteiger partial charge in [0.05, 0.1) is 12.8 Å². The smallest absolute Gasteiger partial charge is 0.259 e. The van der Waals surface area contributed by atoms with Gasteiger partial charge in [0.25, 0.3) is 5.88 Å². The van der Waals surface area contributed by atoms with E-state index in [1.165, 1.54) is 0 Å². The van der Waals surface area contributed by atoms with Crippen molar-refractivity contribution in [2.75, 3.05) is 6.61 Å². The molecule has 3 rings (SSSR count). The number of oxazole rings is 1. The van der Waals surface area contributed by atoms with Crippen LogP contribution in [0.2, 0.25) is 18.1 Å². The van der Waals surface area contributed by atoms with E-state index in [-0.39, 0.29) is 5.04 Å².